The third kappa shape index (κ3) is 5.25. The monoisotopic (exact) mass is 473 g/mol. The molecule has 2 aromatic carbocycles. The molecule has 0 aliphatic carbocycles. The molecular weight excluding hydrogens is 447 g/mol. The summed E-state index contributed by atoms with van der Waals surface area (Å²) in [5.74, 6) is 1.77. The number of rotatable bonds is 7. The Labute approximate surface area is 195 Å². The predicted octanol–water partition coefficient (Wildman–Crippen LogP) is 4.81. The predicted molar refractivity (Wildman–Crippen MR) is 122 cm³/mol. The summed E-state index contributed by atoms with van der Waals surface area (Å²) in [5, 5.41) is 0. The minimum absolute atomic E-state index is 0.274. The van der Waals surface area contributed by atoms with Crippen LogP contribution in [-0.4, -0.2) is 34.6 Å². The number of benzene rings is 2. The molecule has 0 bridgehead atoms. The second kappa shape index (κ2) is 9.89. The van der Waals surface area contributed by atoms with E-state index in [0.29, 0.717) is 56.1 Å². The number of aromatic nitrogens is 2. The van der Waals surface area contributed by atoms with Crippen LogP contribution in [0.15, 0.2) is 47.3 Å². The molecule has 0 saturated heterocycles. The standard InChI is InChI=1S/C25H26F3N3O3/c1-3-33-19-10-7-17(22(13-19)34-4-2)14-31-12-11-21-20(15-31)24(32)30-23(29-21)16-5-8-18(9-6-16)25(26,27)28/h5-10,13H,3-4,11-12,14-15H2,1-2H3,(H,29,30,32). The molecule has 0 fully saturated rings. The van der Waals surface area contributed by atoms with E-state index in [1.54, 1.807) is 0 Å². The number of nitrogens with zero attached hydrogens (tertiary/aromatic N) is 2. The van der Waals surface area contributed by atoms with E-state index in [0.717, 1.165) is 29.2 Å². The number of nitrogens with one attached hydrogen (secondary N) is 1. The molecule has 0 atom stereocenters. The molecular formula is C25H26F3N3O3. The molecule has 3 aromatic rings. The van der Waals surface area contributed by atoms with Gasteiger partial charge in [0.15, 0.2) is 0 Å². The van der Waals surface area contributed by atoms with Gasteiger partial charge in [-0.2, -0.15) is 13.2 Å². The topological polar surface area (TPSA) is 67.5 Å². The average molecular weight is 473 g/mol. The molecule has 0 saturated carbocycles. The second-order valence-electron chi connectivity index (χ2n) is 8.01. The molecule has 0 unspecified atom stereocenters. The highest BCUT2D eigenvalue weighted by molar-refractivity contribution is 5.56. The van der Waals surface area contributed by atoms with Gasteiger partial charge in [0.05, 0.1) is 30.0 Å². The lowest BCUT2D eigenvalue weighted by atomic mass is 10.0. The maximum Gasteiger partial charge on any atom is 0.416 e. The molecule has 4 rings (SSSR count). The van der Waals surface area contributed by atoms with E-state index in [1.165, 1.54) is 12.1 Å². The third-order valence-corrected chi connectivity index (χ3v) is 5.68. The molecule has 34 heavy (non-hydrogen) atoms. The van der Waals surface area contributed by atoms with Crippen LogP contribution in [0.25, 0.3) is 11.4 Å². The van der Waals surface area contributed by atoms with Crippen molar-refractivity contribution in [1.82, 2.24) is 14.9 Å². The zero-order valence-corrected chi connectivity index (χ0v) is 19.0. The molecule has 1 aliphatic heterocycles. The first kappa shape index (κ1) is 23.8. The summed E-state index contributed by atoms with van der Waals surface area (Å²) in [6.07, 6.45) is -3.85. The average Bonchev–Trinajstić information content (AvgIpc) is 2.81. The maximum absolute atomic E-state index is 12.8. The summed E-state index contributed by atoms with van der Waals surface area (Å²) < 4.78 is 49.9. The highest BCUT2D eigenvalue weighted by atomic mass is 19.4. The highest BCUT2D eigenvalue weighted by Crippen LogP contribution is 2.31. The van der Waals surface area contributed by atoms with Crippen molar-refractivity contribution in [3.8, 4) is 22.9 Å². The van der Waals surface area contributed by atoms with Gasteiger partial charge in [-0.1, -0.05) is 18.2 Å². The Hall–Kier alpha value is -3.33. The van der Waals surface area contributed by atoms with Gasteiger partial charge in [-0.3, -0.25) is 9.69 Å². The van der Waals surface area contributed by atoms with Crippen LogP contribution in [0.5, 0.6) is 11.5 Å². The Morgan fingerprint density at radius 2 is 1.79 bits per heavy atom. The van der Waals surface area contributed by atoms with E-state index in [4.69, 9.17) is 9.47 Å². The van der Waals surface area contributed by atoms with Gasteiger partial charge in [0.1, 0.15) is 17.3 Å². The minimum atomic E-state index is -4.41. The molecule has 9 heteroatoms. The summed E-state index contributed by atoms with van der Waals surface area (Å²) >= 11 is 0. The normalized spacial score (nSPS) is 14.0. The number of H-pyrrole nitrogens is 1. The van der Waals surface area contributed by atoms with Crippen LogP contribution in [0, 0.1) is 0 Å². The first-order valence-corrected chi connectivity index (χ1v) is 11.2. The van der Waals surface area contributed by atoms with Crippen molar-refractivity contribution in [3.63, 3.8) is 0 Å². The Kier molecular flexibility index (Phi) is 6.92. The van der Waals surface area contributed by atoms with Gasteiger partial charge in [-0.15, -0.1) is 0 Å². The van der Waals surface area contributed by atoms with Crippen LogP contribution < -0.4 is 15.0 Å². The fraction of sp³-hybridized carbons (Fsp3) is 0.360. The van der Waals surface area contributed by atoms with E-state index in [2.05, 4.69) is 14.9 Å². The minimum Gasteiger partial charge on any atom is -0.494 e. The highest BCUT2D eigenvalue weighted by Gasteiger charge is 2.30. The lowest BCUT2D eigenvalue weighted by Gasteiger charge is -2.28. The van der Waals surface area contributed by atoms with Gasteiger partial charge >= 0.3 is 6.18 Å². The van der Waals surface area contributed by atoms with Crippen molar-refractivity contribution in [2.45, 2.75) is 39.5 Å². The molecule has 2 heterocycles. The Balaban J connectivity index is 1.53. The van der Waals surface area contributed by atoms with Gasteiger partial charge < -0.3 is 14.5 Å². The van der Waals surface area contributed by atoms with Crippen LogP contribution >= 0.6 is 0 Å². The smallest absolute Gasteiger partial charge is 0.416 e. The number of aromatic amines is 1. The van der Waals surface area contributed by atoms with E-state index in [1.807, 2.05) is 32.0 Å². The fourth-order valence-electron chi connectivity index (χ4n) is 4.02. The zero-order valence-electron chi connectivity index (χ0n) is 19.0. The largest absolute Gasteiger partial charge is 0.494 e. The summed E-state index contributed by atoms with van der Waals surface area (Å²) in [4.78, 5) is 22.3. The molecule has 1 aromatic heterocycles. The lowest BCUT2D eigenvalue weighted by Crippen LogP contribution is -2.35. The number of fused-ring (bicyclic) bond motifs is 1. The number of alkyl halides is 3. The van der Waals surface area contributed by atoms with Crippen LogP contribution in [0.3, 0.4) is 0 Å². The Morgan fingerprint density at radius 1 is 1.06 bits per heavy atom. The first-order valence-electron chi connectivity index (χ1n) is 11.2. The van der Waals surface area contributed by atoms with Gasteiger partial charge in [0.2, 0.25) is 0 Å². The van der Waals surface area contributed by atoms with Gasteiger partial charge in [0.25, 0.3) is 5.56 Å². The van der Waals surface area contributed by atoms with Crippen molar-refractivity contribution < 1.29 is 22.6 Å². The number of ether oxygens (including phenoxy) is 2. The molecule has 0 spiro atoms. The van der Waals surface area contributed by atoms with Crippen molar-refractivity contribution in [2.24, 2.45) is 0 Å². The summed E-state index contributed by atoms with van der Waals surface area (Å²) in [7, 11) is 0. The van der Waals surface area contributed by atoms with Crippen molar-refractivity contribution in [1.29, 1.82) is 0 Å². The van der Waals surface area contributed by atoms with Crippen LogP contribution in [0.4, 0.5) is 13.2 Å². The van der Waals surface area contributed by atoms with Crippen LogP contribution in [-0.2, 0) is 25.7 Å². The van der Waals surface area contributed by atoms with Gasteiger partial charge in [-0.25, -0.2) is 4.98 Å². The Morgan fingerprint density at radius 3 is 2.47 bits per heavy atom. The fourth-order valence-corrected chi connectivity index (χ4v) is 4.02. The SMILES string of the molecule is CCOc1ccc(CN2CCc3nc(-c4ccc(C(F)(F)F)cc4)[nH]c(=O)c3C2)c(OCC)c1. The van der Waals surface area contributed by atoms with E-state index >= 15 is 0 Å². The van der Waals surface area contributed by atoms with Gasteiger partial charge in [-0.05, 0) is 32.0 Å². The van der Waals surface area contributed by atoms with Crippen LogP contribution in [0.1, 0.15) is 36.2 Å². The zero-order chi connectivity index (χ0) is 24.3. The van der Waals surface area contributed by atoms with E-state index in [-0.39, 0.29) is 11.4 Å². The Bertz CT molecular complexity index is 1210. The number of hydrogen-bond acceptors (Lipinski definition) is 5. The quantitative estimate of drug-likeness (QED) is 0.533. The molecule has 0 amide bonds. The summed E-state index contributed by atoms with van der Waals surface area (Å²) in [6, 6.07) is 10.4. The van der Waals surface area contributed by atoms with E-state index < -0.39 is 11.7 Å². The molecule has 6 nitrogen and oxygen atoms in total. The summed E-state index contributed by atoms with van der Waals surface area (Å²) in [5.41, 5.74) is 1.66. The molecule has 180 valence electrons. The summed E-state index contributed by atoms with van der Waals surface area (Å²) in [6.45, 7) is 6.65. The van der Waals surface area contributed by atoms with Crippen molar-refractivity contribution in [2.75, 3.05) is 19.8 Å². The second-order valence-corrected chi connectivity index (χ2v) is 8.01. The number of halogens is 3. The van der Waals surface area contributed by atoms with E-state index in [9.17, 15) is 18.0 Å². The first-order chi connectivity index (χ1) is 16.3. The van der Waals surface area contributed by atoms with Gasteiger partial charge in [0, 0.05) is 43.2 Å². The maximum atomic E-state index is 12.8. The van der Waals surface area contributed by atoms with Crippen molar-refractivity contribution in [3.05, 3.63) is 75.2 Å². The lowest BCUT2D eigenvalue weighted by molar-refractivity contribution is -0.137. The molecule has 1 aliphatic rings. The molecule has 1 N–H and O–H groups in total. The third-order valence-electron chi connectivity index (χ3n) is 5.68. The number of hydrogen-bond donors (Lipinski definition) is 1. The van der Waals surface area contributed by atoms with Crippen LogP contribution in [0.2, 0.25) is 0 Å². The van der Waals surface area contributed by atoms with Crippen molar-refractivity contribution >= 4 is 0 Å². The molecule has 0 radical (unpaired) electrons.